The third-order valence-corrected chi connectivity index (χ3v) is 3.96. The fraction of sp³-hybridized carbons (Fsp3) is 0.286. The number of nitrogens with one attached hydrogen (secondary N) is 1. The summed E-state index contributed by atoms with van der Waals surface area (Å²) in [5.41, 5.74) is 2.18. The number of aryl methyl sites for hydroxylation is 2. The van der Waals surface area contributed by atoms with E-state index < -0.39 is 0 Å². The maximum atomic E-state index is 12.1. The number of nitrogens with zero attached hydrogens (tertiary/aromatic N) is 1. The molecule has 0 saturated heterocycles. The van der Waals surface area contributed by atoms with Gasteiger partial charge in [0.2, 0.25) is 0 Å². The maximum Gasteiger partial charge on any atom is 0.251 e. The van der Waals surface area contributed by atoms with Gasteiger partial charge >= 0.3 is 0 Å². The summed E-state index contributed by atoms with van der Waals surface area (Å²) in [7, 11) is 0. The Bertz CT molecular complexity index is 607. The fourth-order valence-electron chi connectivity index (χ4n) is 1.71. The van der Waals surface area contributed by atoms with Crippen LogP contribution in [0.3, 0.4) is 0 Å². The smallest absolute Gasteiger partial charge is 0.251 e. The lowest BCUT2D eigenvalue weighted by molar-refractivity contribution is 0.0939. The monoisotopic (exact) mass is 276 g/mol. The van der Waals surface area contributed by atoms with Crippen LogP contribution >= 0.6 is 11.3 Å². The molecule has 4 nitrogen and oxygen atoms in total. The number of aromatic nitrogens is 1. The number of carbonyl (C=O) groups is 1. The van der Waals surface area contributed by atoms with Gasteiger partial charge in [0, 0.05) is 16.6 Å². The molecule has 1 atom stereocenters. The summed E-state index contributed by atoms with van der Waals surface area (Å²) in [6, 6.07) is 4.69. The minimum atomic E-state index is -0.163. The number of phenolic OH excluding ortho intramolecular Hbond substituents is 1. The summed E-state index contributed by atoms with van der Waals surface area (Å²) in [6.45, 7) is 5.60. The third kappa shape index (κ3) is 3.12. The maximum absolute atomic E-state index is 12.1. The largest absolute Gasteiger partial charge is 0.508 e. The van der Waals surface area contributed by atoms with Gasteiger partial charge < -0.3 is 10.4 Å². The molecule has 19 heavy (non-hydrogen) atoms. The van der Waals surface area contributed by atoms with Crippen LogP contribution in [0.4, 0.5) is 0 Å². The van der Waals surface area contributed by atoms with E-state index in [0.717, 1.165) is 10.7 Å². The molecule has 1 aromatic heterocycles. The van der Waals surface area contributed by atoms with Crippen LogP contribution in [0.1, 0.15) is 39.6 Å². The Balaban J connectivity index is 2.10. The zero-order valence-electron chi connectivity index (χ0n) is 11.1. The van der Waals surface area contributed by atoms with Crippen LogP contribution in [0, 0.1) is 13.8 Å². The Kier molecular flexibility index (Phi) is 3.85. The first-order valence-electron chi connectivity index (χ1n) is 6.00. The third-order valence-electron chi connectivity index (χ3n) is 2.81. The van der Waals surface area contributed by atoms with Crippen molar-refractivity contribution in [2.24, 2.45) is 0 Å². The first-order chi connectivity index (χ1) is 8.97. The van der Waals surface area contributed by atoms with Gasteiger partial charge in [-0.3, -0.25) is 4.79 Å². The molecule has 1 unspecified atom stereocenters. The summed E-state index contributed by atoms with van der Waals surface area (Å²) in [6.07, 6.45) is 0. The van der Waals surface area contributed by atoms with Gasteiger partial charge in [-0.15, -0.1) is 11.3 Å². The van der Waals surface area contributed by atoms with Crippen LogP contribution in [-0.4, -0.2) is 16.0 Å². The summed E-state index contributed by atoms with van der Waals surface area (Å²) >= 11 is 1.53. The highest BCUT2D eigenvalue weighted by molar-refractivity contribution is 7.09. The van der Waals surface area contributed by atoms with E-state index in [4.69, 9.17) is 0 Å². The van der Waals surface area contributed by atoms with E-state index in [-0.39, 0.29) is 17.7 Å². The zero-order valence-corrected chi connectivity index (χ0v) is 11.9. The number of hydrogen-bond donors (Lipinski definition) is 2. The summed E-state index contributed by atoms with van der Waals surface area (Å²) in [5, 5.41) is 15.2. The van der Waals surface area contributed by atoms with Crippen molar-refractivity contribution in [3.8, 4) is 5.75 Å². The molecule has 2 aromatic rings. The van der Waals surface area contributed by atoms with E-state index in [1.807, 2.05) is 19.2 Å². The van der Waals surface area contributed by atoms with E-state index >= 15 is 0 Å². The number of amides is 1. The van der Waals surface area contributed by atoms with E-state index in [1.54, 1.807) is 19.1 Å². The number of thiazole rings is 1. The Labute approximate surface area is 116 Å². The van der Waals surface area contributed by atoms with Crippen molar-refractivity contribution in [1.82, 2.24) is 10.3 Å². The van der Waals surface area contributed by atoms with E-state index in [1.165, 1.54) is 17.4 Å². The highest BCUT2D eigenvalue weighted by Crippen LogP contribution is 2.20. The second kappa shape index (κ2) is 5.40. The van der Waals surface area contributed by atoms with Gasteiger partial charge in [0.05, 0.1) is 6.04 Å². The van der Waals surface area contributed by atoms with Crippen molar-refractivity contribution >= 4 is 17.2 Å². The van der Waals surface area contributed by atoms with Crippen molar-refractivity contribution in [1.29, 1.82) is 0 Å². The molecule has 0 bridgehead atoms. The van der Waals surface area contributed by atoms with Gasteiger partial charge in [-0.05, 0) is 44.5 Å². The van der Waals surface area contributed by atoms with Gasteiger partial charge in [-0.1, -0.05) is 0 Å². The lowest BCUT2D eigenvalue weighted by atomic mass is 10.1. The normalized spacial score (nSPS) is 12.2. The van der Waals surface area contributed by atoms with Crippen LogP contribution in [0.25, 0.3) is 0 Å². The zero-order chi connectivity index (χ0) is 14.0. The molecule has 0 saturated carbocycles. The number of carbonyl (C=O) groups excluding carboxylic acids is 1. The van der Waals surface area contributed by atoms with Crippen molar-refractivity contribution in [3.05, 3.63) is 45.4 Å². The number of benzene rings is 1. The Morgan fingerprint density at radius 1 is 1.42 bits per heavy atom. The predicted octanol–water partition coefficient (Wildman–Crippen LogP) is 2.96. The molecule has 5 heteroatoms. The molecule has 100 valence electrons. The van der Waals surface area contributed by atoms with Gasteiger partial charge in [0.1, 0.15) is 10.8 Å². The molecule has 2 rings (SSSR count). The molecule has 0 aliphatic rings. The first kappa shape index (κ1) is 13.5. The molecule has 0 radical (unpaired) electrons. The summed E-state index contributed by atoms with van der Waals surface area (Å²) in [4.78, 5) is 16.4. The molecule has 2 N–H and O–H groups in total. The first-order valence-corrected chi connectivity index (χ1v) is 6.88. The summed E-state index contributed by atoms with van der Waals surface area (Å²) < 4.78 is 0. The van der Waals surface area contributed by atoms with Crippen LogP contribution in [0.15, 0.2) is 23.6 Å². The van der Waals surface area contributed by atoms with Crippen LogP contribution in [0.5, 0.6) is 5.75 Å². The highest BCUT2D eigenvalue weighted by Gasteiger charge is 2.14. The van der Waals surface area contributed by atoms with Crippen molar-refractivity contribution in [3.63, 3.8) is 0 Å². The second-order valence-electron chi connectivity index (χ2n) is 4.52. The molecule has 1 amide bonds. The van der Waals surface area contributed by atoms with Crippen LogP contribution in [0.2, 0.25) is 0 Å². The van der Waals surface area contributed by atoms with E-state index in [2.05, 4.69) is 10.3 Å². The molecule has 1 heterocycles. The predicted molar refractivity (Wildman–Crippen MR) is 75.6 cm³/mol. The van der Waals surface area contributed by atoms with Crippen LogP contribution < -0.4 is 5.32 Å². The number of hydrogen-bond acceptors (Lipinski definition) is 4. The van der Waals surface area contributed by atoms with Gasteiger partial charge in [0.15, 0.2) is 0 Å². The van der Waals surface area contributed by atoms with Gasteiger partial charge in [0.25, 0.3) is 5.91 Å². The quantitative estimate of drug-likeness (QED) is 0.906. The minimum absolute atomic E-state index is 0.125. The topological polar surface area (TPSA) is 62.2 Å². The number of phenols is 1. The lowest BCUT2D eigenvalue weighted by Gasteiger charge is -2.11. The highest BCUT2D eigenvalue weighted by atomic mass is 32.1. The van der Waals surface area contributed by atoms with Crippen molar-refractivity contribution in [2.75, 3.05) is 0 Å². The second-order valence-corrected chi connectivity index (χ2v) is 5.41. The van der Waals surface area contributed by atoms with E-state index in [0.29, 0.717) is 11.1 Å². The Morgan fingerprint density at radius 2 is 2.16 bits per heavy atom. The minimum Gasteiger partial charge on any atom is -0.508 e. The molecular formula is C14H16N2O2S. The number of aromatic hydroxyl groups is 1. The van der Waals surface area contributed by atoms with Gasteiger partial charge in [-0.25, -0.2) is 4.98 Å². The fourth-order valence-corrected chi connectivity index (χ4v) is 2.51. The average Bonchev–Trinajstić information content (AvgIpc) is 2.79. The molecule has 0 spiro atoms. The molecule has 1 aromatic carbocycles. The molecular weight excluding hydrogens is 260 g/mol. The lowest BCUT2D eigenvalue weighted by Crippen LogP contribution is -2.26. The number of rotatable bonds is 3. The average molecular weight is 276 g/mol. The summed E-state index contributed by atoms with van der Waals surface area (Å²) in [5.74, 6) is 0.0311. The van der Waals surface area contributed by atoms with Gasteiger partial charge in [-0.2, -0.15) is 0 Å². The van der Waals surface area contributed by atoms with E-state index in [9.17, 15) is 9.90 Å². The molecule has 0 fully saturated rings. The Morgan fingerprint density at radius 3 is 2.74 bits per heavy atom. The van der Waals surface area contributed by atoms with Crippen LogP contribution in [-0.2, 0) is 0 Å². The molecule has 0 aliphatic carbocycles. The Hall–Kier alpha value is -1.88. The standard InChI is InChI=1S/C14H16N2O2S/c1-8-6-11(4-5-12(8)17)13(18)16-10(3)14-15-9(2)7-19-14/h4-7,10,17H,1-3H3,(H,16,18). The molecule has 0 aliphatic heterocycles. The SMILES string of the molecule is Cc1csc(C(C)NC(=O)c2ccc(O)c(C)c2)n1. The van der Waals surface area contributed by atoms with Crippen molar-refractivity contribution < 1.29 is 9.90 Å². The van der Waals surface area contributed by atoms with Crippen molar-refractivity contribution in [2.45, 2.75) is 26.8 Å².